The van der Waals surface area contributed by atoms with Crippen LogP contribution in [0.5, 0.6) is 0 Å². The molecular formula is C17H20N6O. The fourth-order valence-electron chi connectivity index (χ4n) is 2.51. The molecule has 0 aromatic carbocycles. The maximum Gasteiger partial charge on any atom is 0.255 e. The van der Waals surface area contributed by atoms with Crippen LogP contribution in [-0.4, -0.2) is 30.5 Å². The molecule has 3 aromatic rings. The highest BCUT2D eigenvalue weighted by Crippen LogP contribution is 2.11. The average molecular weight is 324 g/mol. The van der Waals surface area contributed by atoms with E-state index in [4.69, 9.17) is 0 Å². The lowest BCUT2D eigenvalue weighted by atomic mass is 10.2. The lowest BCUT2D eigenvalue weighted by Crippen LogP contribution is -2.23. The molecule has 0 aliphatic rings. The van der Waals surface area contributed by atoms with Crippen LogP contribution in [0.15, 0.2) is 30.6 Å². The third kappa shape index (κ3) is 3.05. The smallest absolute Gasteiger partial charge is 0.255 e. The van der Waals surface area contributed by atoms with E-state index in [9.17, 15) is 4.79 Å². The zero-order chi connectivity index (χ0) is 17.3. The Bertz CT molecular complexity index is 875. The van der Waals surface area contributed by atoms with Gasteiger partial charge in [0.15, 0.2) is 5.82 Å². The first-order valence-electron chi connectivity index (χ1n) is 7.71. The lowest BCUT2D eigenvalue weighted by Gasteiger charge is -2.07. The van der Waals surface area contributed by atoms with Gasteiger partial charge in [0.1, 0.15) is 0 Å². The summed E-state index contributed by atoms with van der Waals surface area (Å²) in [4.78, 5) is 16.6. The van der Waals surface area contributed by atoms with Gasteiger partial charge < -0.3 is 5.32 Å². The molecule has 3 heterocycles. The Morgan fingerprint density at radius 3 is 2.54 bits per heavy atom. The molecule has 0 radical (unpaired) electrons. The van der Waals surface area contributed by atoms with Gasteiger partial charge in [-0.15, -0.1) is 0 Å². The van der Waals surface area contributed by atoms with Gasteiger partial charge in [-0.2, -0.15) is 10.2 Å². The average Bonchev–Trinajstić information content (AvgIpc) is 3.08. The summed E-state index contributed by atoms with van der Waals surface area (Å²) in [5.74, 6) is 0.627. The highest BCUT2D eigenvalue weighted by molar-refractivity contribution is 5.94. The minimum absolute atomic E-state index is 0.136. The van der Waals surface area contributed by atoms with Gasteiger partial charge in [-0.05, 0) is 38.5 Å². The SMILES string of the molecule is Cc1cc(C)n(-c2ccc(CNC(=O)c3cnn(C)c3C)cn2)n1. The third-order valence-electron chi connectivity index (χ3n) is 3.97. The van der Waals surface area contributed by atoms with E-state index in [0.29, 0.717) is 12.1 Å². The van der Waals surface area contributed by atoms with Crippen molar-refractivity contribution in [3.05, 3.63) is 58.8 Å². The molecule has 3 rings (SSSR count). The molecule has 0 fully saturated rings. The highest BCUT2D eigenvalue weighted by atomic mass is 16.1. The monoisotopic (exact) mass is 324 g/mol. The van der Waals surface area contributed by atoms with E-state index in [-0.39, 0.29) is 5.91 Å². The maximum atomic E-state index is 12.2. The molecule has 0 saturated heterocycles. The van der Waals surface area contributed by atoms with Crippen LogP contribution in [0.2, 0.25) is 0 Å². The predicted octanol–water partition coefficient (Wildman–Crippen LogP) is 1.86. The van der Waals surface area contributed by atoms with E-state index >= 15 is 0 Å². The van der Waals surface area contributed by atoms with Gasteiger partial charge >= 0.3 is 0 Å². The Morgan fingerprint density at radius 1 is 1.21 bits per heavy atom. The summed E-state index contributed by atoms with van der Waals surface area (Å²) in [6.45, 7) is 6.23. The summed E-state index contributed by atoms with van der Waals surface area (Å²) >= 11 is 0. The number of hydrogen-bond acceptors (Lipinski definition) is 4. The second kappa shape index (κ2) is 6.27. The van der Waals surface area contributed by atoms with Crippen molar-refractivity contribution < 1.29 is 4.79 Å². The Morgan fingerprint density at radius 2 is 2.00 bits per heavy atom. The Kier molecular flexibility index (Phi) is 4.16. The number of hydrogen-bond donors (Lipinski definition) is 1. The van der Waals surface area contributed by atoms with Gasteiger partial charge in [-0.25, -0.2) is 9.67 Å². The fraction of sp³-hybridized carbons (Fsp3) is 0.294. The van der Waals surface area contributed by atoms with Crippen LogP contribution in [0.4, 0.5) is 0 Å². The first-order chi connectivity index (χ1) is 11.5. The normalized spacial score (nSPS) is 10.8. The molecule has 7 nitrogen and oxygen atoms in total. The quantitative estimate of drug-likeness (QED) is 0.794. The van der Waals surface area contributed by atoms with Crippen molar-refractivity contribution in [1.82, 2.24) is 29.9 Å². The fourth-order valence-corrected chi connectivity index (χ4v) is 2.51. The van der Waals surface area contributed by atoms with Crippen molar-refractivity contribution >= 4 is 5.91 Å². The second-order valence-electron chi connectivity index (χ2n) is 5.81. The third-order valence-corrected chi connectivity index (χ3v) is 3.97. The van der Waals surface area contributed by atoms with Gasteiger partial charge in [0.05, 0.1) is 17.5 Å². The number of aromatic nitrogens is 5. The summed E-state index contributed by atoms with van der Waals surface area (Å²) in [6, 6.07) is 5.84. The van der Waals surface area contributed by atoms with Crippen molar-refractivity contribution in [2.24, 2.45) is 7.05 Å². The topological polar surface area (TPSA) is 77.6 Å². The van der Waals surface area contributed by atoms with Crippen molar-refractivity contribution in [2.45, 2.75) is 27.3 Å². The van der Waals surface area contributed by atoms with Crippen LogP contribution >= 0.6 is 0 Å². The molecule has 0 unspecified atom stereocenters. The van der Waals surface area contributed by atoms with E-state index in [1.165, 1.54) is 0 Å². The van der Waals surface area contributed by atoms with Gasteiger partial charge in [0, 0.05) is 31.2 Å². The molecule has 0 atom stereocenters. The summed E-state index contributed by atoms with van der Waals surface area (Å²) < 4.78 is 3.48. The molecule has 0 aliphatic carbocycles. The molecule has 24 heavy (non-hydrogen) atoms. The van der Waals surface area contributed by atoms with E-state index < -0.39 is 0 Å². The summed E-state index contributed by atoms with van der Waals surface area (Å²) in [5, 5.41) is 11.4. The Balaban J connectivity index is 1.67. The van der Waals surface area contributed by atoms with Gasteiger partial charge in [-0.3, -0.25) is 9.48 Å². The van der Waals surface area contributed by atoms with E-state index in [1.807, 2.05) is 46.0 Å². The number of pyridine rings is 1. The van der Waals surface area contributed by atoms with Crippen LogP contribution in [0.3, 0.4) is 0 Å². The molecule has 1 N–H and O–H groups in total. The van der Waals surface area contributed by atoms with E-state index in [0.717, 1.165) is 28.5 Å². The molecule has 124 valence electrons. The first-order valence-corrected chi connectivity index (χ1v) is 7.71. The largest absolute Gasteiger partial charge is 0.348 e. The van der Waals surface area contributed by atoms with Gasteiger partial charge in [0.2, 0.25) is 0 Å². The Labute approximate surface area is 140 Å². The molecule has 0 saturated carbocycles. The Hall–Kier alpha value is -2.96. The van der Waals surface area contributed by atoms with Gasteiger partial charge in [-0.1, -0.05) is 6.07 Å². The van der Waals surface area contributed by atoms with Crippen molar-refractivity contribution in [2.75, 3.05) is 0 Å². The number of carbonyl (C=O) groups excluding carboxylic acids is 1. The number of nitrogens with zero attached hydrogens (tertiary/aromatic N) is 5. The van der Waals surface area contributed by atoms with Crippen molar-refractivity contribution in [1.29, 1.82) is 0 Å². The van der Waals surface area contributed by atoms with Crippen molar-refractivity contribution in [3.8, 4) is 5.82 Å². The molecule has 3 aromatic heterocycles. The molecule has 1 amide bonds. The molecule has 0 spiro atoms. The standard InChI is InChI=1S/C17H20N6O/c1-11-7-12(2)23(21-11)16-6-5-14(8-18-16)9-19-17(24)15-10-20-22(4)13(15)3/h5-8,10H,9H2,1-4H3,(H,19,24). The molecule has 0 aliphatic heterocycles. The predicted molar refractivity (Wildman–Crippen MR) is 89.9 cm³/mol. The summed E-state index contributed by atoms with van der Waals surface area (Å²) in [6.07, 6.45) is 3.33. The van der Waals surface area contributed by atoms with E-state index in [2.05, 4.69) is 20.5 Å². The molecule has 0 bridgehead atoms. The number of carbonyl (C=O) groups is 1. The van der Waals surface area contributed by atoms with Crippen LogP contribution < -0.4 is 5.32 Å². The van der Waals surface area contributed by atoms with Crippen LogP contribution in [0, 0.1) is 20.8 Å². The summed E-state index contributed by atoms with van der Waals surface area (Å²) in [5.41, 5.74) is 4.34. The number of rotatable bonds is 4. The van der Waals surface area contributed by atoms with Gasteiger partial charge in [0.25, 0.3) is 5.91 Å². The second-order valence-corrected chi connectivity index (χ2v) is 5.81. The van der Waals surface area contributed by atoms with Crippen LogP contribution in [0.25, 0.3) is 5.82 Å². The zero-order valence-electron chi connectivity index (χ0n) is 14.2. The maximum absolute atomic E-state index is 12.2. The number of nitrogens with one attached hydrogen (secondary N) is 1. The zero-order valence-corrected chi connectivity index (χ0v) is 14.2. The number of aryl methyl sites for hydroxylation is 3. The van der Waals surface area contributed by atoms with Crippen LogP contribution in [-0.2, 0) is 13.6 Å². The van der Waals surface area contributed by atoms with Crippen LogP contribution in [0.1, 0.15) is 33.0 Å². The van der Waals surface area contributed by atoms with Crippen molar-refractivity contribution in [3.63, 3.8) is 0 Å². The first kappa shape index (κ1) is 15.9. The molecule has 7 heteroatoms. The number of amides is 1. The summed E-state index contributed by atoms with van der Waals surface area (Å²) in [7, 11) is 1.81. The lowest BCUT2D eigenvalue weighted by molar-refractivity contribution is 0.0950. The minimum atomic E-state index is -0.136. The molecular weight excluding hydrogens is 304 g/mol. The minimum Gasteiger partial charge on any atom is -0.348 e. The van der Waals surface area contributed by atoms with E-state index in [1.54, 1.807) is 21.8 Å². The highest BCUT2D eigenvalue weighted by Gasteiger charge is 2.12.